The number of nitrogens with zero attached hydrogens (tertiary/aromatic N) is 2. The summed E-state index contributed by atoms with van der Waals surface area (Å²) in [6.45, 7) is 3.68. The number of nitrogens with two attached hydrogens (primary N) is 1. The van der Waals surface area contributed by atoms with Crippen LogP contribution in [0.2, 0.25) is 0 Å². The molecule has 5 heteroatoms. The second-order valence-corrected chi connectivity index (χ2v) is 5.61. The van der Waals surface area contributed by atoms with Crippen molar-refractivity contribution in [3.63, 3.8) is 0 Å². The Morgan fingerprint density at radius 1 is 1.48 bits per heavy atom. The fraction of sp³-hybridized carbons (Fsp3) is 0.500. The fourth-order valence-electron chi connectivity index (χ4n) is 2.82. The Hall–Kier alpha value is -2.04. The second-order valence-electron chi connectivity index (χ2n) is 5.61. The highest BCUT2D eigenvalue weighted by Crippen LogP contribution is 2.22. The Morgan fingerprint density at radius 2 is 2.19 bits per heavy atom. The van der Waals surface area contributed by atoms with Gasteiger partial charge in [0, 0.05) is 13.1 Å². The summed E-state index contributed by atoms with van der Waals surface area (Å²) in [5.74, 6) is -0.0690. The maximum absolute atomic E-state index is 12.7. The molecule has 0 spiro atoms. The van der Waals surface area contributed by atoms with E-state index in [2.05, 4.69) is 12.1 Å². The third kappa shape index (κ3) is 3.74. The molecule has 1 aromatic carbocycles. The number of amides is 1. The fourth-order valence-corrected chi connectivity index (χ4v) is 2.82. The zero-order chi connectivity index (χ0) is 15.2. The largest absolute Gasteiger partial charge is 0.409 e. The minimum Gasteiger partial charge on any atom is -0.409 e. The molecule has 1 fully saturated rings. The molecule has 21 heavy (non-hydrogen) atoms. The van der Waals surface area contributed by atoms with Gasteiger partial charge >= 0.3 is 0 Å². The molecule has 2 atom stereocenters. The molecule has 2 unspecified atom stereocenters. The molecule has 0 bridgehead atoms. The Kier molecular flexibility index (Phi) is 5.20. The number of carbonyl (C=O) groups is 1. The van der Waals surface area contributed by atoms with Crippen molar-refractivity contribution >= 4 is 11.7 Å². The lowest BCUT2D eigenvalue weighted by Crippen LogP contribution is -2.42. The SMILES string of the molecule is CCC1CCN(C(=O)C(Cc2ccccc2)/C(N)=N/O)C1. The van der Waals surface area contributed by atoms with Crippen LogP contribution in [0.5, 0.6) is 0 Å². The number of likely N-dealkylation sites (tertiary alicyclic amines) is 1. The molecular weight excluding hydrogens is 266 g/mol. The second kappa shape index (κ2) is 7.11. The van der Waals surface area contributed by atoms with Crippen molar-refractivity contribution in [3.05, 3.63) is 35.9 Å². The van der Waals surface area contributed by atoms with Crippen LogP contribution in [0.4, 0.5) is 0 Å². The van der Waals surface area contributed by atoms with Gasteiger partial charge in [0.25, 0.3) is 0 Å². The first-order chi connectivity index (χ1) is 10.2. The van der Waals surface area contributed by atoms with E-state index in [1.807, 2.05) is 35.2 Å². The Morgan fingerprint density at radius 3 is 2.76 bits per heavy atom. The van der Waals surface area contributed by atoms with Crippen LogP contribution in [0.3, 0.4) is 0 Å². The third-order valence-electron chi connectivity index (χ3n) is 4.23. The van der Waals surface area contributed by atoms with Gasteiger partial charge in [0.1, 0.15) is 5.92 Å². The van der Waals surface area contributed by atoms with Crippen LogP contribution >= 0.6 is 0 Å². The van der Waals surface area contributed by atoms with Crippen molar-refractivity contribution in [3.8, 4) is 0 Å². The summed E-state index contributed by atoms with van der Waals surface area (Å²) in [4.78, 5) is 14.5. The third-order valence-corrected chi connectivity index (χ3v) is 4.23. The van der Waals surface area contributed by atoms with Crippen molar-refractivity contribution in [2.45, 2.75) is 26.2 Å². The first kappa shape index (κ1) is 15.4. The lowest BCUT2D eigenvalue weighted by Gasteiger charge is -2.23. The molecule has 0 saturated carbocycles. The Balaban J connectivity index is 2.11. The first-order valence-electron chi connectivity index (χ1n) is 7.45. The lowest BCUT2D eigenvalue weighted by atomic mass is 9.97. The van der Waals surface area contributed by atoms with Gasteiger partial charge in [-0.05, 0) is 24.3 Å². The average molecular weight is 289 g/mol. The summed E-state index contributed by atoms with van der Waals surface area (Å²) in [7, 11) is 0. The van der Waals surface area contributed by atoms with E-state index in [9.17, 15) is 4.79 Å². The van der Waals surface area contributed by atoms with Gasteiger partial charge in [0.05, 0.1) is 0 Å². The monoisotopic (exact) mass is 289 g/mol. The summed E-state index contributed by atoms with van der Waals surface area (Å²) in [5, 5.41) is 12.0. The molecule has 5 nitrogen and oxygen atoms in total. The molecule has 2 rings (SSSR count). The van der Waals surface area contributed by atoms with Crippen LogP contribution in [0, 0.1) is 11.8 Å². The zero-order valence-corrected chi connectivity index (χ0v) is 12.4. The van der Waals surface area contributed by atoms with Crippen LogP contribution in [-0.2, 0) is 11.2 Å². The number of rotatable bonds is 5. The molecule has 3 N–H and O–H groups in total. The minimum atomic E-state index is -0.590. The number of benzene rings is 1. The topological polar surface area (TPSA) is 78.9 Å². The van der Waals surface area contributed by atoms with E-state index in [0.717, 1.165) is 31.5 Å². The molecule has 0 aromatic heterocycles. The maximum Gasteiger partial charge on any atom is 0.233 e. The smallest absolute Gasteiger partial charge is 0.233 e. The molecular formula is C16H23N3O2. The van der Waals surface area contributed by atoms with Crippen LogP contribution in [0.1, 0.15) is 25.3 Å². The predicted octanol–water partition coefficient (Wildman–Crippen LogP) is 1.85. The van der Waals surface area contributed by atoms with E-state index in [1.54, 1.807) is 0 Å². The quantitative estimate of drug-likeness (QED) is 0.376. The summed E-state index contributed by atoms with van der Waals surface area (Å²) in [6, 6.07) is 9.67. The van der Waals surface area contributed by atoms with Gasteiger partial charge < -0.3 is 15.8 Å². The first-order valence-corrected chi connectivity index (χ1v) is 7.45. The van der Waals surface area contributed by atoms with Gasteiger partial charge in [0.15, 0.2) is 5.84 Å². The molecule has 114 valence electrons. The van der Waals surface area contributed by atoms with Crippen molar-refractivity contribution in [1.29, 1.82) is 0 Å². The predicted molar refractivity (Wildman–Crippen MR) is 82.0 cm³/mol. The molecule has 0 aliphatic carbocycles. The van der Waals surface area contributed by atoms with Gasteiger partial charge in [-0.15, -0.1) is 0 Å². The lowest BCUT2D eigenvalue weighted by molar-refractivity contribution is -0.132. The molecule has 1 aromatic rings. The van der Waals surface area contributed by atoms with Crippen molar-refractivity contribution < 1.29 is 10.0 Å². The Labute approximate surface area is 125 Å². The van der Waals surface area contributed by atoms with Gasteiger partial charge in [-0.25, -0.2) is 0 Å². The van der Waals surface area contributed by atoms with Gasteiger partial charge in [0.2, 0.25) is 5.91 Å². The van der Waals surface area contributed by atoms with E-state index in [4.69, 9.17) is 10.9 Å². The minimum absolute atomic E-state index is 0.0104. The summed E-state index contributed by atoms with van der Waals surface area (Å²) < 4.78 is 0. The maximum atomic E-state index is 12.7. The van der Waals surface area contributed by atoms with Crippen LogP contribution in [0.25, 0.3) is 0 Å². The van der Waals surface area contributed by atoms with Crippen molar-refractivity contribution in [2.75, 3.05) is 13.1 Å². The van der Waals surface area contributed by atoms with E-state index in [-0.39, 0.29) is 11.7 Å². The summed E-state index contributed by atoms with van der Waals surface area (Å²) >= 11 is 0. The van der Waals surface area contributed by atoms with Gasteiger partial charge in [-0.1, -0.05) is 48.8 Å². The van der Waals surface area contributed by atoms with Crippen LogP contribution in [0.15, 0.2) is 35.5 Å². The number of carbonyl (C=O) groups excluding carboxylic acids is 1. The normalized spacial score (nSPS) is 20.5. The van der Waals surface area contributed by atoms with Crippen LogP contribution in [-0.4, -0.2) is 34.9 Å². The molecule has 1 aliphatic heterocycles. The van der Waals surface area contributed by atoms with E-state index in [0.29, 0.717) is 12.3 Å². The Bertz CT molecular complexity index is 502. The van der Waals surface area contributed by atoms with Gasteiger partial charge in [-0.2, -0.15) is 0 Å². The highest BCUT2D eigenvalue weighted by molar-refractivity contribution is 6.02. The van der Waals surface area contributed by atoms with E-state index < -0.39 is 5.92 Å². The van der Waals surface area contributed by atoms with Gasteiger partial charge in [-0.3, -0.25) is 4.79 Å². The van der Waals surface area contributed by atoms with Crippen molar-refractivity contribution in [2.24, 2.45) is 22.7 Å². The number of oxime groups is 1. The molecule has 0 radical (unpaired) electrons. The van der Waals surface area contributed by atoms with E-state index in [1.165, 1.54) is 0 Å². The number of hydrogen-bond donors (Lipinski definition) is 2. The highest BCUT2D eigenvalue weighted by atomic mass is 16.4. The number of amidine groups is 1. The van der Waals surface area contributed by atoms with Crippen LogP contribution < -0.4 is 5.73 Å². The zero-order valence-electron chi connectivity index (χ0n) is 12.4. The highest BCUT2D eigenvalue weighted by Gasteiger charge is 2.32. The molecule has 1 aliphatic rings. The van der Waals surface area contributed by atoms with Crippen molar-refractivity contribution in [1.82, 2.24) is 4.90 Å². The molecule has 1 amide bonds. The standard InChI is InChI=1S/C16H23N3O2/c1-2-12-8-9-19(11-12)16(20)14(15(17)18-21)10-13-6-4-3-5-7-13/h3-7,12,14,21H,2,8-11H2,1H3,(H2,17,18). The average Bonchev–Trinajstić information content (AvgIpc) is 3.01. The van der Waals surface area contributed by atoms with E-state index >= 15 is 0 Å². The summed E-state index contributed by atoms with van der Waals surface area (Å²) in [5.41, 5.74) is 6.76. The molecule has 1 saturated heterocycles. The number of hydrogen-bond acceptors (Lipinski definition) is 3. The molecule has 1 heterocycles. The summed E-state index contributed by atoms with van der Waals surface area (Å²) in [6.07, 6.45) is 2.58.